The summed E-state index contributed by atoms with van der Waals surface area (Å²) in [5.41, 5.74) is 0.949. The molecular weight excluding hydrogens is 310 g/mol. The second-order valence-corrected chi connectivity index (χ2v) is 5.48. The molecule has 0 spiro atoms. The van der Waals surface area contributed by atoms with Crippen molar-refractivity contribution in [1.29, 1.82) is 0 Å². The van der Waals surface area contributed by atoms with Crippen LogP contribution in [0.5, 0.6) is 0 Å². The summed E-state index contributed by atoms with van der Waals surface area (Å²) < 4.78 is 0.951. The van der Waals surface area contributed by atoms with Gasteiger partial charge in [-0.1, -0.05) is 28.1 Å². The summed E-state index contributed by atoms with van der Waals surface area (Å²) in [6, 6.07) is 7.62. The van der Waals surface area contributed by atoms with E-state index < -0.39 is 5.97 Å². The predicted molar refractivity (Wildman–Crippen MR) is 76.9 cm³/mol. The predicted octanol–water partition coefficient (Wildman–Crippen LogP) is 2.75. The molecule has 0 bridgehead atoms. The van der Waals surface area contributed by atoms with Gasteiger partial charge in [0.05, 0.1) is 6.42 Å². The quantitative estimate of drug-likeness (QED) is 0.809. The molecule has 0 saturated carbocycles. The lowest BCUT2D eigenvalue weighted by molar-refractivity contribution is -0.137. The second-order valence-electron chi connectivity index (χ2n) is 4.56. The van der Waals surface area contributed by atoms with E-state index in [9.17, 15) is 9.59 Å². The number of nitrogens with one attached hydrogen (secondary N) is 1. The number of hydrogen-bond acceptors (Lipinski definition) is 2. The minimum absolute atomic E-state index is 0.000923. The lowest BCUT2D eigenvalue weighted by Gasteiger charge is -2.13. The average molecular weight is 328 g/mol. The molecule has 104 valence electrons. The first-order valence-corrected chi connectivity index (χ1v) is 7.02. The highest BCUT2D eigenvalue weighted by Gasteiger charge is 2.09. The highest BCUT2D eigenvalue weighted by atomic mass is 79.9. The van der Waals surface area contributed by atoms with E-state index >= 15 is 0 Å². The van der Waals surface area contributed by atoms with E-state index in [0.717, 1.165) is 10.0 Å². The number of halogens is 1. The van der Waals surface area contributed by atoms with Gasteiger partial charge in [-0.15, -0.1) is 0 Å². The number of amides is 1. The molecule has 0 aliphatic heterocycles. The number of benzene rings is 1. The topological polar surface area (TPSA) is 66.4 Å². The normalized spacial score (nSPS) is 11.9. The Morgan fingerprint density at radius 3 is 2.79 bits per heavy atom. The molecular formula is C14H18BrNO3. The fourth-order valence-electron chi connectivity index (χ4n) is 1.79. The van der Waals surface area contributed by atoms with Crippen molar-refractivity contribution in [2.75, 3.05) is 0 Å². The third-order valence-electron chi connectivity index (χ3n) is 2.69. The minimum Gasteiger partial charge on any atom is -0.481 e. The molecule has 0 saturated heterocycles. The van der Waals surface area contributed by atoms with E-state index in [2.05, 4.69) is 21.2 Å². The standard InChI is InChI=1S/C14H18BrNO3/c1-10(4-2-7-14(18)19)16-13(17)9-11-5-3-6-12(15)8-11/h3,5-6,8,10H,2,4,7,9H2,1H3,(H,16,17)(H,18,19). The first-order valence-electron chi connectivity index (χ1n) is 6.23. The van der Waals surface area contributed by atoms with Crippen molar-refractivity contribution in [2.45, 2.75) is 38.6 Å². The van der Waals surface area contributed by atoms with Gasteiger partial charge in [-0.3, -0.25) is 9.59 Å². The summed E-state index contributed by atoms with van der Waals surface area (Å²) in [6.07, 6.45) is 1.73. The zero-order valence-corrected chi connectivity index (χ0v) is 12.4. The molecule has 19 heavy (non-hydrogen) atoms. The molecule has 5 heteroatoms. The average Bonchev–Trinajstić information content (AvgIpc) is 2.27. The number of carbonyl (C=O) groups is 2. The van der Waals surface area contributed by atoms with E-state index in [-0.39, 0.29) is 18.4 Å². The fraction of sp³-hybridized carbons (Fsp3) is 0.429. The smallest absolute Gasteiger partial charge is 0.303 e. The SMILES string of the molecule is CC(CCCC(=O)O)NC(=O)Cc1cccc(Br)c1. The van der Waals surface area contributed by atoms with Gasteiger partial charge < -0.3 is 10.4 Å². The number of aliphatic carboxylic acids is 1. The van der Waals surface area contributed by atoms with Gasteiger partial charge in [0.2, 0.25) is 5.91 Å². The number of carboxylic acid groups (broad SMARTS) is 1. The van der Waals surface area contributed by atoms with E-state index in [1.807, 2.05) is 31.2 Å². The first kappa shape index (κ1) is 15.7. The Morgan fingerprint density at radius 2 is 2.16 bits per heavy atom. The van der Waals surface area contributed by atoms with Crippen molar-refractivity contribution in [1.82, 2.24) is 5.32 Å². The Hall–Kier alpha value is -1.36. The highest BCUT2D eigenvalue weighted by Crippen LogP contribution is 2.12. The zero-order chi connectivity index (χ0) is 14.3. The Bertz CT molecular complexity index is 448. The van der Waals surface area contributed by atoms with Crippen molar-refractivity contribution < 1.29 is 14.7 Å². The first-order chi connectivity index (χ1) is 8.97. The lowest BCUT2D eigenvalue weighted by Crippen LogP contribution is -2.33. The van der Waals surface area contributed by atoms with Gasteiger partial charge in [0.15, 0.2) is 0 Å². The Labute approximate surface area is 121 Å². The van der Waals surface area contributed by atoms with E-state index in [1.165, 1.54) is 0 Å². The number of rotatable bonds is 7. The lowest BCUT2D eigenvalue weighted by atomic mass is 10.1. The van der Waals surface area contributed by atoms with Crippen LogP contribution in [-0.2, 0) is 16.0 Å². The maximum atomic E-state index is 11.8. The van der Waals surface area contributed by atoms with Crippen LogP contribution in [-0.4, -0.2) is 23.0 Å². The molecule has 1 unspecified atom stereocenters. The molecule has 0 aliphatic rings. The second kappa shape index (κ2) is 7.94. The van der Waals surface area contributed by atoms with Crippen LogP contribution in [0.1, 0.15) is 31.7 Å². The van der Waals surface area contributed by atoms with Crippen molar-refractivity contribution >= 4 is 27.8 Å². The Kier molecular flexibility index (Phi) is 6.56. The van der Waals surface area contributed by atoms with Gasteiger partial charge in [0.25, 0.3) is 0 Å². The molecule has 1 aromatic rings. The van der Waals surface area contributed by atoms with Crippen molar-refractivity contribution in [3.8, 4) is 0 Å². The van der Waals surface area contributed by atoms with Gasteiger partial charge in [-0.25, -0.2) is 0 Å². The van der Waals surface area contributed by atoms with Crippen molar-refractivity contribution in [2.24, 2.45) is 0 Å². The molecule has 0 radical (unpaired) electrons. The van der Waals surface area contributed by atoms with Crippen LogP contribution in [0.25, 0.3) is 0 Å². The van der Waals surface area contributed by atoms with E-state index in [1.54, 1.807) is 0 Å². The van der Waals surface area contributed by atoms with Gasteiger partial charge in [0.1, 0.15) is 0 Å². The monoisotopic (exact) mass is 327 g/mol. The fourth-order valence-corrected chi connectivity index (χ4v) is 2.24. The maximum Gasteiger partial charge on any atom is 0.303 e. The largest absolute Gasteiger partial charge is 0.481 e. The van der Waals surface area contributed by atoms with Gasteiger partial charge >= 0.3 is 5.97 Å². The Balaban J connectivity index is 2.32. The van der Waals surface area contributed by atoms with Crippen molar-refractivity contribution in [3.05, 3.63) is 34.3 Å². The summed E-state index contributed by atoms with van der Waals surface area (Å²) in [5, 5.41) is 11.4. The number of hydrogen-bond donors (Lipinski definition) is 2. The van der Waals surface area contributed by atoms with Crippen molar-refractivity contribution in [3.63, 3.8) is 0 Å². The van der Waals surface area contributed by atoms with Crippen LogP contribution in [0, 0.1) is 0 Å². The minimum atomic E-state index is -0.798. The number of carboxylic acids is 1. The highest BCUT2D eigenvalue weighted by molar-refractivity contribution is 9.10. The molecule has 0 heterocycles. The molecule has 1 aromatic carbocycles. The van der Waals surface area contributed by atoms with Crippen LogP contribution in [0.4, 0.5) is 0 Å². The van der Waals surface area contributed by atoms with Gasteiger partial charge in [-0.2, -0.15) is 0 Å². The maximum absolute atomic E-state index is 11.8. The summed E-state index contributed by atoms with van der Waals surface area (Å²) in [5.74, 6) is -0.839. The summed E-state index contributed by atoms with van der Waals surface area (Å²) in [4.78, 5) is 22.2. The molecule has 1 atom stereocenters. The Morgan fingerprint density at radius 1 is 1.42 bits per heavy atom. The molecule has 0 aromatic heterocycles. The van der Waals surface area contributed by atoms with Gasteiger partial charge in [-0.05, 0) is 37.5 Å². The van der Waals surface area contributed by atoms with Crippen LogP contribution in [0.3, 0.4) is 0 Å². The van der Waals surface area contributed by atoms with Crippen LogP contribution >= 0.6 is 15.9 Å². The summed E-state index contributed by atoms with van der Waals surface area (Å²) in [6.45, 7) is 1.89. The molecule has 0 aliphatic carbocycles. The molecule has 2 N–H and O–H groups in total. The van der Waals surface area contributed by atoms with Crippen LogP contribution in [0.2, 0.25) is 0 Å². The molecule has 0 fully saturated rings. The molecule has 1 rings (SSSR count). The summed E-state index contributed by atoms with van der Waals surface area (Å²) in [7, 11) is 0. The third kappa shape index (κ3) is 6.96. The van der Waals surface area contributed by atoms with Gasteiger partial charge in [0, 0.05) is 16.9 Å². The van der Waals surface area contributed by atoms with Crippen LogP contribution < -0.4 is 5.32 Å². The van der Waals surface area contributed by atoms with E-state index in [4.69, 9.17) is 5.11 Å². The zero-order valence-electron chi connectivity index (χ0n) is 10.9. The number of carbonyl (C=O) groups excluding carboxylic acids is 1. The summed E-state index contributed by atoms with van der Waals surface area (Å²) >= 11 is 3.36. The van der Waals surface area contributed by atoms with Crippen LogP contribution in [0.15, 0.2) is 28.7 Å². The molecule has 1 amide bonds. The van der Waals surface area contributed by atoms with E-state index in [0.29, 0.717) is 19.3 Å². The third-order valence-corrected chi connectivity index (χ3v) is 3.18. The molecule has 4 nitrogen and oxygen atoms in total.